The molecule has 0 saturated heterocycles. The normalized spacial score (nSPS) is 11.5. The number of hydrogen-bond donors (Lipinski definition) is 2. The van der Waals surface area contributed by atoms with Crippen LogP contribution in [0.2, 0.25) is 0 Å². The molecule has 0 aliphatic heterocycles. The number of benzene rings is 2. The van der Waals surface area contributed by atoms with Crippen molar-refractivity contribution < 1.29 is 14.0 Å². The molecule has 2 aromatic carbocycles. The number of nitrogens with zero attached hydrogens (tertiary/aromatic N) is 2. The molecule has 6 heteroatoms. The number of anilines is 1. The average Bonchev–Trinajstić information content (AvgIpc) is 2.51. The fourth-order valence-electron chi connectivity index (χ4n) is 2.09. The molecule has 0 spiro atoms. The molecule has 21 heavy (non-hydrogen) atoms. The molecule has 0 radical (unpaired) electrons. The zero-order chi connectivity index (χ0) is 15.4. The fraction of sp³-hybridized carbons (Fsp3) is 0.133. The van der Waals surface area contributed by atoms with Gasteiger partial charge in [-0.05, 0) is 18.2 Å². The van der Waals surface area contributed by atoms with E-state index in [0.29, 0.717) is 11.3 Å². The topological polar surface area (TPSA) is 61.8 Å². The molecule has 0 amide bonds. The van der Waals surface area contributed by atoms with Gasteiger partial charge >= 0.3 is 0 Å². The van der Waals surface area contributed by atoms with Crippen molar-refractivity contribution in [2.75, 3.05) is 11.9 Å². The molecule has 0 fully saturated rings. The summed E-state index contributed by atoms with van der Waals surface area (Å²) in [6.45, 7) is 0.152. The molecule has 0 heterocycles. The first-order valence-electron chi connectivity index (χ1n) is 6.25. The van der Waals surface area contributed by atoms with Gasteiger partial charge in [0.1, 0.15) is 0 Å². The SMILES string of the molecule is CN(Cc1cccc(F)c1F)c1ccccc1/C(N)=N/O. The lowest BCUT2D eigenvalue weighted by atomic mass is 10.1. The van der Waals surface area contributed by atoms with Crippen LogP contribution in [0.5, 0.6) is 0 Å². The van der Waals surface area contributed by atoms with Crippen LogP contribution in [0.1, 0.15) is 11.1 Å². The zero-order valence-electron chi connectivity index (χ0n) is 11.4. The number of halogens is 2. The highest BCUT2D eigenvalue weighted by Gasteiger charge is 2.14. The minimum absolute atomic E-state index is 0.0443. The predicted molar refractivity (Wildman–Crippen MR) is 77.4 cm³/mol. The van der Waals surface area contributed by atoms with E-state index in [1.165, 1.54) is 12.1 Å². The Bertz CT molecular complexity index is 674. The number of oxime groups is 1. The van der Waals surface area contributed by atoms with Crippen LogP contribution >= 0.6 is 0 Å². The zero-order valence-corrected chi connectivity index (χ0v) is 11.4. The first-order chi connectivity index (χ1) is 10.0. The van der Waals surface area contributed by atoms with Gasteiger partial charge in [0.15, 0.2) is 17.5 Å². The van der Waals surface area contributed by atoms with E-state index in [0.717, 1.165) is 6.07 Å². The summed E-state index contributed by atoms with van der Waals surface area (Å²) in [7, 11) is 1.72. The van der Waals surface area contributed by atoms with E-state index < -0.39 is 11.6 Å². The summed E-state index contributed by atoms with van der Waals surface area (Å²) in [5.41, 5.74) is 7.01. The molecule has 0 unspecified atom stereocenters. The van der Waals surface area contributed by atoms with Crippen molar-refractivity contribution in [1.82, 2.24) is 0 Å². The summed E-state index contributed by atoms with van der Waals surface area (Å²) in [6, 6.07) is 11.0. The second-order valence-electron chi connectivity index (χ2n) is 4.57. The van der Waals surface area contributed by atoms with Gasteiger partial charge in [-0.25, -0.2) is 8.78 Å². The largest absolute Gasteiger partial charge is 0.409 e. The van der Waals surface area contributed by atoms with Crippen LogP contribution in [0.3, 0.4) is 0 Å². The van der Waals surface area contributed by atoms with Crippen LogP contribution in [0.4, 0.5) is 14.5 Å². The smallest absolute Gasteiger partial charge is 0.172 e. The molecule has 0 aromatic heterocycles. The predicted octanol–water partition coefficient (Wildman–Crippen LogP) is 2.70. The average molecular weight is 291 g/mol. The van der Waals surface area contributed by atoms with Crippen LogP contribution in [-0.4, -0.2) is 18.1 Å². The van der Waals surface area contributed by atoms with Gasteiger partial charge < -0.3 is 15.8 Å². The maximum atomic E-state index is 13.7. The van der Waals surface area contributed by atoms with Crippen molar-refractivity contribution in [2.45, 2.75) is 6.54 Å². The van der Waals surface area contributed by atoms with E-state index in [1.807, 2.05) is 0 Å². The molecule has 0 saturated carbocycles. The molecule has 3 N–H and O–H groups in total. The van der Waals surface area contributed by atoms with Crippen molar-refractivity contribution in [3.63, 3.8) is 0 Å². The fourth-order valence-corrected chi connectivity index (χ4v) is 2.09. The Morgan fingerprint density at radius 2 is 1.90 bits per heavy atom. The summed E-state index contributed by atoms with van der Waals surface area (Å²) in [4.78, 5) is 1.70. The van der Waals surface area contributed by atoms with Crippen LogP contribution in [-0.2, 0) is 6.54 Å². The van der Waals surface area contributed by atoms with E-state index in [4.69, 9.17) is 10.9 Å². The Hall–Kier alpha value is -2.63. The highest BCUT2D eigenvalue weighted by molar-refractivity contribution is 6.02. The molecular formula is C15H15F2N3O. The lowest BCUT2D eigenvalue weighted by molar-refractivity contribution is 0.318. The molecule has 0 aliphatic rings. The Morgan fingerprint density at radius 3 is 2.62 bits per heavy atom. The molecule has 2 aromatic rings. The van der Waals surface area contributed by atoms with Crippen molar-refractivity contribution >= 4 is 11.5 Å². The van der Waals surface area contributed by atoms with Gasteiger partial charge in [-0.15, -0.1) is 0 Å². The maximum absolute atomic E-state index is 13.7. The molecule has 0 bridgehead atoms. The van der Waals surface area contributed by atoms with Crippen LogP contribution in [0.25, 0.3) is 0 Å². The lowest BCUT2D eigenvalue weighted by Gasteiger charge is -2.22. The van der Waals surface area contributed by atoms with Gasteiger partial charge in [-0.2, -0.15) is 0 Å². The first-order valence-corrected chi connectivity index (χ1v) is 6.25. The van der Waals surface area contributed by atoms with Crippen LogP contribution in [0, 0.1) is 11.6 Å². The monoisotopic (exact) mass is 291 g/mol. The number of hydrogen-bond acceptors (Lipinski definition) is 3. The number of nitrogens with two attached hydrogens (primary N) is 1. The van der Waals surface area contributed by atoms with Crippen LogP contribution < -0.4 is 10.6 Å². The molecule has 4 nitrogen and oxygen atoms in total. The summed E-state index contributed by atoms with van der Waals surface area (Å²) in [6.07, 6.45) is 0. The van der Waals surface area contributed by atoms with Crippen LogP contribution in [0.15, 0.2) is 47.6 Å². The molecule has 2 rings (SSSR count). The number of amidine groups is 1. The second-order valence-corrected chi connectivity index (χ2v) is 4.57. The molecule has 110 valence electrons. The van der Waals surface area contributed by atoms with Gasteiger partial charge in [0, 0.05) is 30.4 Å². The quantitative estimate of drug-likeness (QED) is 0.394. The highest BCUT2D eigenvalue weighted by Crippen LogP contribution is 2.22. The Labute approximate surface area is 121 Å². The minimum Gasteiger partial charge on any atom is -0.409 e. The third-order valence-electron chi connectivity index (χ3n) is 3.14. The van der Waals surface area contributed by atoms with E-state index in [2.05, 4.69) is 5.16 Å². The molecule has 0 atom stereocenters. The number of rotatable bonds is 4. The first kappa shape index (κ1) is 14.8. The lowest BCUT2D eigenvalue weighted by Crippen LogP contribution is -2.23. The summed E-state index contributed by atoms with van der Waals surface area (Å²) >= 11 is 0. The summed E-state index contributed by atoms with van der Waals surface area (Å²) in [5.74, 6) is -1.80. The van der Waals surface area contributed by atoms with E-state index in [1.54, 1.807) is 36.2 Å². The Morgan fingerprint density at radius 1 is 1.19 bits per heavy atom. The summed E-state index contributed by atoms with van der Waals surface area (Å²) in [5, 5.41) is 11.8. The highest BCUT2D eigenvalue weighted by atomic mass is 19.2. The summed E-state index contributed by atoms with van der Waals surface area (Å²) < 4.78 is 26.9. The Balaban J connectivity index is 2.33. The standard InChI is InChI=1S/C15H15F2N3O/c1-20(9-10-5-4-7-12(16)14(10)17)13-8-3-2-6-11(13)15(18)19-21/h2-8,21H,9H2,1H3,(H2,18,19). The van der Waals surface area contributed by atoms with E-state index in [9.17, 15) is 8.78 Å². The van der Waals surface area contributed by atoms with Gasteiger partial charge in [0.25, 0.3) is 0 Å². The van der Waals surface area contributed by atoms with Crippen molar-refractivity contribution in [3.8, 4) is 0 Å². The number of para-hydroxylation sites is 1. The van der Waals surface area contributed by atoms with Crippen molar-refractivity contribution in [1.29, 1.82) is 0 Å². The van der Waals surface area contributed by atoms with Gasteiger partial charge in [-0.1, -0.05) is 29.4 Å². The minimum atomic E-state index is -0.884. The molecule has 0 aliphatic carbocycles. The van der Waals surface area contributed by atoms with Gasteiger partial charge in [0.2, 0.25) is 0 Å². The third-order valence-corrected chi connectivity index (χ3v) is 3.14. The van der Waals surface area contributed by atoms with E-state index >= 15 is 0 Å². The van der Waals surface area contributed by atoms with Gasteiger partial charge in [-0.3, -0.25) is 0 Å². The van der Waals surface area contributed by atoms with Crippen molar-refractivity contribution in [3.05, 3.63) is 65.2 Å². The van der Waals surface area contributed by atoms with Gasteiger partial charge in [0.05, 0.1) is 0 Å². The van der Waals surface area contributed by atoms with Crippen molar-refractivity contribution in [2.24, 2.45) is 10.9 Å². The maximum Gasteiger partial charge on any atom is 0.172 e. The third kappa shape index (κ3) is 3.10. The van der Waals surface area contributed by atoms with E-state index in [-0.39, 0.29) is 17.9 Å². The molecular weight excluding hydrogens is 276 g/mol. The Kier molecular flexibility index (Phi) is 4.37. The second kappa shape index (κ2) is 6.21.